The monoisotopic (exact) mass is 387 g/mol. The van der Waals surface area contributed by atoms with Gasteiger partial charge in [-0.05, 0) is 43.4 Å². The molecule has 1 aromatic rings. The Labute approximate surface area is 131 Å². The lowest BCUT2D eigenvalue weighted by Gasteiger charge is -2.33. The Morgan fingerprint density at radius 2 is 2.00 bits per heavy atom. The van der Waals surface area contributed by atoms with Crippen molar-refractivity contribution in [2.75, 3.05) is 13.1 Å². The Balaban J connectivity index is 2.07. The van der Waals surface area contributed by atoms with Gasteiger partial charge < -0.3 is 4.90 Å². The van der Waals surface area contributed by atoms with Gasteiger partial charge in [0, 0.05) is 28.0 Å². The maximum atomic E-state index is 12.5. The van der Waals surface area contributed by atoms with Crippen LogP contribution in [0, 0.1) is 12.8 Å². The van der Waals surface area contributed by atoms with Crippen LogP contribution < -0.4 is 0 Å². The lowest BCUT2D eigenvalue weighted by Crippen LogP contribution is -2.40. The van der Waals surface area contributed by atoms with Crippen LogP contribution in [0.15, 0.2) is 22.7 Å². The SMILES string of the molecule is Cc1c(Br)cccc1C(=O)N1CCC(C(C)Br)CC1. The molecular formula is C15H19Br2NO. The van der Waals surface area contributed by atoms with Crippen LogP contribution in [0.5, 0.6) is 0 Å². The Hall–Kier alpha value is -0.350. The fourth-order valence-electron chi connectivity index (χ4n) is 2.57. The predicted molar refractivity (Wildman–Crippen MR) is 85.9 cm³/mol. The molecule has 0 aliphatic carbocycles. The standard InChI is InChI=1S/C15H19Br2NO/c1-10-13(4-3-5-14(10)17)15(19)18-8-6-12(7-9-18)11(2)16/h3-5,11-12H,6-9H2,1-2H3. The summed E-state index contributed by atoms with van der Waals surface area (Å²) >= 11 is 7.14. The van der Waals surface area contributed by atoms with Crippen molar-refractivity contribution in [2.24, 2.45) is 5.92 Å². The fourth-order valence-corrected chi connectivity index (χ4v) is 3.47. The minimum atomic E-state index is 0.166. The summed E-state index contributed by atoms with van der Waals surface area (Å²) in [5, 5.41) is 0. The predicted octanol–water partition coefficient (Wildman–Crippen LogP) is 4.39. The molecule has 4 heteroatoms. The molecule has 1 atom stereocenters. The molecule has 2 nitrogen and oxygen atoms in total. The number of halogens is 2. The molecule has 19 heavy (non-hydrogen) atoms. The first-order valence-corrected chi connectivity index (χ1v) is 8.40. The van der Waals surface area contributed by atoms with Crippen molar-refractivity contribution in [3.8, 4) is 0 Å². The highest BCUT2D eigenvalue weighted by Crippen LogP contribution is 2.27. The summed E-state index contributed by atoms with van der Waals surface area (Å²) in [6.07, 6.45) is 2.18. The van der Waals surface area contributed by atoms with E-state index in [9.17, 15) is 4.79 Å². The second-order valence-corrected chi connectivity index (χ2v) is 7.52. The molecule has 0 bridgehead atoms. The van der Waals surface area contributed by atoms with Gasteiger partial charge >= 0.3 is 0 Å². The number of nitrogens with zero attached hydrogens (tertiary/aromatic N) is 1. The van der Waals surface area contributed by atoms with E-state index in [-0.39, 0.29) is 5.91 Å². The Kier molecular flexibility index (Phi) is 5.07. The third kappa shape index (κ3) is 3.40. The van der Waals surface area contributed by atoms with E-state index < -0.39 is 0 Å². The van der Waals surface area contributed by atoms with Crippen molar-refractivity contribution in [3.63, 3.8) is 0 Å². The van der Waals surface area contributed by atoms with Crippen LogP contribution in [-0.4, -0.2) is 28.7 Å². The molecule has 1 saturated heterocycles. The number of carbonyl (C=O) groups is 1. The molecule has 1 fully saturated rings. The molecule has 0 N–H and O–H groups in total. The van der Waals surface area contributed by atoms with Crippen molar-refractivity contribution in [1.82, 2.24) is 4.90 Å². The summed E-state index contributed by atoms with van der Waals surface area (Å²) in [4.78, 5) is 15.1. The van der Waals surface area contributed by atoms with Crippen LogP contribution in [-0.2, 0) is 0 Å². The maximum Gasteiger partial charge on any atom is 0.254 e. The van der Waals surface area contributed by atoms with Crippen molar-refractivity contribution < 1.29 is 4.79 Å². The smallest absolute Gasteiger partial charge is 0.254 e. The van der Waals surface area contributed by atoms with Crippen LogP contribution in [0.25, 0.3) is 0 Å². The van der Waals surface area contributed by atoms with Gasteiger partial charge in [-0.25, -0.2) is 0 Å². The van der Waals surface area contributed by atoms with E-state index in [4.69, 9.17) is 0 Å². The molecule has 1 unspecified atom stereocenters. The highest BCUT2D eigenvalue weighted by molar-refractivity contribution is 9.10. The average Bonchev–Trinajstić information content (AvgIpc) is 2.41. The largest absolute Gasteiger partial charge is 0.339 e. The average molecular weight is 389 g/mol. The molecule has 0 spiro atoms. The van der Waals surface area contributed by atoms with Crippen LogP contribution in [0.4, 0.5) is 0 Å². The van der Waals surface area contributed by atoms with Crippen molar-refractivity contribution >= 4 is 37.8 Å². The van der Waals surface area contributed by atoms with Crippen molar-refractivity contribution in [3.05, 3.63) is 33.8 Å². The van der Waals surface area contributed by atoms with Crippen LogP contribution in [0.1, 0.15) is 35.7 Å². The third-order valence-corrected chi connectivity index (χ3v) is 5.58. The van der Waals surface area contributed by atoms with Crippen LogP contribution in [0.2, 0.25) is 0 Å². The summed E-state index contributed by atoms with van der Waals surface area (Å²) in [5.41, 5.74) is 1.85. The van der Waals surface area contributed by atoms with Crippen LogP contribution >= 0.6 is 31.9 Å². The lowest BCUT2D eigenvalue weighted by molar-refractivity contribution is 0.0690. The van der Waals surface area contributed by atoms with Crippen molar-refractivity contribution in [2.45, 2.75) is 31.5 Å². The Morgan fingerprint density at radius 1 is 1.37 bits per heavy atom. The number of carbonyl (C=O) groups excluding carboxylic acids is 1. The Bertz CT molecular complexity index is 465. The van der Waals surface area contributed by atoms with E-state index in [2.05, 4.69) is 38.8 Å². The van der Waals surface area contributed by atoms with Gasteiger partial charge in [-0.2, -0.15) is 0 Å². The first kappa shape index (κ1) is 15.0. The van der Waals surface area contributed by atoms with Crippen molar-refractivity contribution in [1.29, 1.82) is 0 Å². The third-order valence-electron chi connectivity index (χ3n) is 3.97. The minimum Gasteiger partial charge on any atom is -0.339 e. The zero-order valence-electron chi connectivity index (χ0n) is 11.3. The molecule has 1 heterocycles. The van der Waals surface area contributed by atoms with Gasteiger partial charge in [-0.15, -0.1) is 0 Å². The number of likely N-dealkylation sites (tertiary alicyclic amines) is 1. The lowest BCUT2D eigenvalue weighted by atomic mass is 9.93. The number of rotatable bonds is 2. The van der Waals surface area contributed by atoms with Gasteiger partial charge in [0.25, 0.3) is 5.91 Å². The molecular weight excluding hydrogens is 370 g/mol. The van der Waals surface area contributed by atoms with E-state index in [1.807, 2.05) is 30.0 Å². The molecule has 104 valence electrons. The molecule has 1 aliphatic heterocycles. The Morgan fingerprint density at radius 3 is 2.58 bits per heavy atom. The zero-order chi connectivity index (χ0) is 14.0. The van der Waals surface area contributed by atoms with Crippen LogP contribution in [0.3, 0.4) is 0 Å². The van der Waals surface area contributed by atoms with Gasteiger partial charge in [0.1, 0.15) is 0 Å². The molecule has 1 amide bonds. The quantitative estimate of drug-likeness (QED) is 0.688. The second kappa shape index (κ2) is 6.40. The summed E-state index contributed by atoms with van der Waals surface area (Å²) < 4.78 is 1.00. The first-order chi connectivity index (χ1) is 9.00. The summed E-state index contributed by atoms with van der Waals surface area (Å²) in [5.74, 6) is 0.854. The zero-order valence-corrected chi connectivity index (χ0v) is 14.5. The van der Waals surface area contributed by atoms with Gasteiger partial charge in [-0.3, -0.25) is 4.79 Å². The number of hydrogen-bond acceptors (Lipinski definition) is 1. The number of piperidine rings is 1. The molecule has 0 radical (unpaired) electrons. The summed E-state index contributed by atoms with van der Waals surface area (Å²) in [6, 6.07) is 5.82. The van der Waals surface area contributed by atoms with Gasteiger partial charge in [-0.1, -0.05) is 44.8 Å². The van der Waals surface area contributed by atoms with E-state index >= 15 is 0 Å². The van der Waals surface area contributed by atoms with E-state index in [1.54, 1.807) is 0 Å². The van der Waals surface area contributed by atoms with E-state index in [1.165, 1.54) is 0 Å². The number of hydrogen-bond donors (Lipinski definition) is 0. The molecule has 1 aromatic carbocycles. The number of benzene rings is 1. The van der Waals surface area contributed by atoms with E-state index in [0.29, 0.717) is 10.7 Å². The molecule has 2 rings (SSSR count). The van der Waals surface area contributed by atoms with Gasteiger partial charge in [0.2, 0.25) is 0 Å². The number of amides is 1. The number of alkyl halides is 1. The molecule has 1 aliphatic rings. The topological polar surface area (TPSA) is 20.3 Å². The highest BCUT2D eigenvalue weighted by atomic mass is 79.9. The van der Waals surface area contributed by atoms with E-state index in [0.717, 1.165) is 41.5 Å². The fraction of sp³-hybridized carbons (Fsp3) is 0.533. The maximum absolute atomic E-state index is 12.5. The first-order valence-electron chi connectivity index (χ1n) is 6.69. The van der Waals surface area contributed by atoms with Gasteiger partial charge in [0.15, 0.2) is 0 Å². The van der Waals surface area contributed by atoms with Gasteiger partial charge in [0.05, 0.1) is 0 Å². The summed E-state index contributed by atoms with van der Waals surface area (Å²) in [6.45, 7) is 5.92. The minimum absolute atomic E-state index is 0.166. The molecule has 0 saturated carbocycles. The second-order valence-electron chi connectivity index (χ2n) is 5.22. The normalized spacial score (nSPS) is 18.4. The highest BCUT2D eigenvalue weighted by Gasteiger charge is 2.26. The molecule has 0 aromatic heterocycles. The summed E-state index contributed by atoms with van der Waals surface area (Å²) in [7, 11) is 0.